The van der Waals surface area contributed by atoms with Gasteiger partial charge in [0.05, 0.1) is 23.7 Å². The highest BCUT2D eigenvalue weighted by Crippen LogP contribution is 2.22. The van der Waals surface area contributed by atoms with Crippen LogP contribution in [0.4, 0.5) is 0 Å². The second kappa shape index (κ2) is 6.42. The van der Waals surface area contributed by atoms with Crippen molar-refractivity contribution >= 4 is 11.0 Å². The van der Waals surface area contributed by atoms with Gasteiger partial charge in [-0.05, 0) is 44.5 Å². The second-order valence-corrected chi connectivity index (χ2v) is 6.03. The first-order valence-corrected chi connectivity index (χ1v) is 7.87. The molecule has 1 aromatic heterocycles. The first-order valence-electron chi connectivity index (χ1n) is 7.87. The molecule has 1 heterocycles. The van der Waals surface area contributed by atoms with Gasteiger partial charge in [0, 0.05) is 0 Å². The van der Waals surface area contributed by atoms with E-state index in [0.29, 0.717) is 13.2 Å². The van der Waals surface area contributed by atoms with Gasteiger partial charge in [-0.2, -0.15) is 0 Å². The minimum absolute atomic E-state index is 0.380. The van der Waals surface area contributed by atoms with Crippen molar-refractivity contribution in [1.82, 2.24) is 9.55 Å². The molecule has 3 aromatic rings. The van der Waals surface area contributed by atoms with E-state index in [1.165, 1.54) is 5.56 Å². The molecule has 120 valence electrons. The molecule has 4 heteroatoms. The first kappa shape index (κ1) is 15.6. The highest BCUT2D eigenvalue weighted by molar-refractivity contribution is 5.75. The molecule has 4 nitrogen and oxygen atoms in total. The maximum atomic E-state index is 9.78. The Morgan fingerprint density at radius 2 is 1.96 bits per heavy atom. The van der Waals surface area contributed by atoms with Crippen LogP contribution in [0.5, 0.6) is 5.75 Å². The molecule has 0 saturated heterocycles. The van der Waals surface area contributed by atoms with E-state index in [1.54, 1.807) is 6.92 Å². The van der Waals surface area contributed by atoms with Crippen molar-refractivity contribution < 1.29 is 9.84 Å². The molecule has 1 atom stereocenters. The first-order chi connectivity index (χ1) is 11.0. The molecule has 0 aliphatic rings. The van der Waals surface area contributed by atoms with Crippen LogP contribution in [0, 0.1) is 13.8 Å². The quantitative estimate of drug-likeness (QED) is 0.783. The lowest BCUT2D eigenvalue weighted by molar-refractivity contribution is 0.171. The molecule has 0 aliphatic carbocycles. The van der Waals surface area contributed by atoms with Crippen molar-refractivity contribution in [1.29, 1.82) is 0 Å². The lowest BCUT2D eigenvalue weighted by Crippen LogP contribution is -2.15. The van der Waals surface area contributed by atoms with Crippen LogP contribution in [-0.2, 0) is 13.2 Å². The van der Waals surface area contributed by atoms with E-state index in [9.17, 15) is 5.11 Å². The molecule has 0 bridgehead atoms. The van der Waals surface area contributed by atoms with Crippen LogP contribution >= 0.6 is 0 Å². The standard InChI is InChI=1S/C19H22N2O2/c1-13-8-9-18(14(2)10-13)23-12-19-20-16-6-4-5-7-17(16)21(19)11-15(3)22/h4-10,15,22H,11-12H2,1-3H3. The number of nitrogens with zero attached hydrogens (tertiary/aromatic N) is 2. The third-order valence-corrected chi connectivity index (χ3v) is 3.87. The molecule has 1 unspecified atom stereocenters. The van der Waals surface area contributed by atoms with Gasteiger partial charge in [0.15, 0.2) is 0 Å². The van der Waals surface area contributed by atoms with Gasteiger partial charge in [0.1, 0.15) is 18.2 Å². The molecule has 0 saturated carbocycles. The van der Waals surface area contributed by atoms with Crippen LogP contribution in [0.15, 0.2) is 42.5 Å². The fraction of sp³-hybridized carbons (Fsp3) is 0.316. The highest BCUT2D eigenvalue weighted by atomic mass is 16.5. The molecule has 0 spiro atoms. The summed E-state index contributed by atoms with van der Waals surface area (Å²) in [5, 5.41) is 9.78. The van der Waals surface area contributed by atoms with Crippen LogP contribution in [0.1, 0.15) is 23.9 Å². The highest BCUT2D eigenvalue weighted by Gasteiger charge is 2.13. The number of ether oxygens (including phenoxy) is 1. The fourth-order valence-electron chi connectivity index (χ4n) is 2.81. The van der Waals surface area contributed by atoms with Gasteiger partial charge in [-0.25, -0.2) is 4.98 Å². The van der Waals surface area contributed by atoms with Crippen molar-refractivity contribution in [3.05, 3.63) is 59.4 Å². The Morgan fingerprint density at radius 1 is 1.17 bits per heavy atom. The van der Waals surface area contributed by atoms with E-state index in [4.69, 9.17) is 4.74 Å². The SMILES string of the molecule is Cc1ccc(OCc2nc3ccccc3n2CC(C)O)c(C)c1. The normalized spacial score (nSPS) is 12.5. The number of imidazole rings is 1. The summed E-state index contributed by atoms with van der Waals surface area (Å²) in [6, 6.07) is 14.1. The molecule has 23 heavy (non-hydrogen) atoms. The van der Waals surface area contributed by atoms with E-state index in [-0.39, 0.29) is 0 Å². The van der Waals surface area contributed by atoms with Crippen molar-refractivity contribution in [2.24, 2.45) is 0 Å². The van der Waals surface area contributed by atoms with E-state index in [2.05, 4.69) is 18.0 Å². The minimum atomic E-state index is -0.438. The number of rotatable bonds is 5. The van der Waals surface area contributed by atoms with Gasteiger partial charge >= 0.3 is 0 Å². The Hall–Kier alpha value is -2.33. The van der Waals surface area contributed by atoms with Crippen molar-refractivity contribution in [3.63, 3.8) is 0 Å². The van der Waals surface area contributed by atoms with Crippen molar-refractivity contribution in [2.45, 2.75) is 40.0 Å². The third-order valence-electron chi connectivity index (χ3n) is 3.87. The Bertz CT molecular complexity index is 821. The second-order valence-electron chi connectivity index (χ2n) is 6.03. The predicted octanol–water partition coefficient (Wildman–Crippen LogP) is 3.61. The number of aliphatic hydroxyl groups excluding tert-OH is 1. The van der Waals surface area contributed by atoms with Gasteiger partial charge in [-0.1, -0.05) is 29.8 Å². The Kier molecular flexibility index (Phi) is 4.35. The Morgan fingerprint density at radius 3 is 2.70 bits per heavy atom. The average molecular weight is 310 g/mol. The number of para-hydroxylation sites is 2. The van der Waals surface area contributed by atoms with Crippen LogP contribution in [0.3, 0.4) is 0 Å². The van der Waals surface area contributed by atoms with Crippen LogP contribution in [0.2, 0.25) is 0 Å². The van der Waals surface area contributed by atoms with Crippen molar-refractivity contribution in [2.75, 3.05) is 0 Å². The van der Waals surface area contributed by atoms with Gasteiger partial charge < -0.3 is 14.4 Å². The zero-order valence-corrected chi connectivity index (χ0v) is 13.8. The number of benzene rings is 2. The molecular weight excluding hydrogens is 288 g/mol. The fourth-order valence-corrected chi connectivity index (χ4v) is 2.81. The zero-order valence-electron chi connectivity index (χ0n) is 13.8. The summed E-state index contributed by atoms with van der Waals surface area (Å²) in [6.07, 6.45) is -0.438. The van der Waals surface area contributed by atoms with Gasteiger partial charge in [0.2, 0.25) is 0 Å². The lowest BCUT2D eigenvalue weighted by Gasteiger charge is -2.13. The van der Waals surface area contributed by atoms with E-state index < -0.39 is 6.10 Å². The average Bonchev–Trinajstić information content (AvgIpc) is 2.84. The number of aromatic nitrogens is 2. The molecule has 0 fully saturated rings. The van der Waals surface area contributed by atoms with Gasteiger partial charge in [0.25, 0.3) is 0 Å². The summed E-state index contributed by atoms with van der Waals surface area (Å²) in [5.41, 5.74) is 4.28. The molecule has 1 N–H and O–H groups in total. The van der Waals surface area contributed by atoms with Gasteiger partial charge in [-0.15, -0.1) is 0 Å². The minimum Gasteiger partial charge on any atom is -0.485 e. The van der Waals surface area contributed by atoms with Crippen LogP contribution in [0.25, 0.3) is 11.0 Å². The number of aliphatic hydroxyl groups is 1. The largest absolute Gasteiger partial charge is 0.485 e. The monoisotopic (exact) mass is 310 g/mol. The van der Waals surface area contributed by atoms with E-state index >= 15 is 0 Å². The number of hydrogen-bond acceptors (Lipinski definition) is 3. The van der Waals surface area contributed by atoms with Gasteiger partial charge in [-0.3, -0.25) is 0 Å². The number of aryl methyl sites for hydroxylation is 2. The Labute approximate surface area is 136 Å². The molecule has 0 aliphatic heterocycles. The predicted molar refractivity (Wildman–Crippen MR) is 91.7 cm³/mol. The molecule has 0 amide bonds. The third kappa shape index (κ3) is 3.37. The van der Waals surface area contributed by atoms with Crippen LogP contribution in [-0.4, -0.2) is 20.8 Å². The summed E-state index contributed by atoms with van der Waals surface area (Å²) in [7, 11) is 0. The smallest absolute Gasteiger partial charge is 0.148 e. The lowest BCUT2D eigenvalue weighted by atomic mass is 10.1. The van der Waals surface area contributed by atoms with Crippen molar-refractivity contribution in [3.8, 4) is 5.75 Å². The summed E-state index contributed by atoms with van der Waals surface area (Å²) >= 11 is 0. The molecular formula is C19H22N2O2. The summed E-state index contributed by atoms with van der Waals surface area (Å²) in [6.45, 7) is 6.78. The topological polar surface area (TPSA) is 47.3 Å². The summed E-state index contributed by atoms with van der Waals surface area (Å²) in [5.74, 6) is 1.69. The maximum absolute atomic E-state index is 9.78. The molecule has 2 aromatic carbocycles. The Balaban J connectivity index is 1.89. The van der Waals surface area contributed by atoms with E-state index in [1.807, 2.05) is 47.9 Å². The van der Waals surface area contributed by atoms with E-state index in [0.717, 1.165) is 28.2 Å². The molecule has 3 rings (SSSR count). The maximum Gasteiger partial charge on any atom is 0.148 e. The number of hydrogen-bond donors (Lipinski definition) is 1. The summed E-state index contributed by atoms with van der Waals surface area (Å²) < 4.78 is 8.00. The number of fused-ring (bicyclic) bond motifs is 1. The summed E-state index contributed by atoms with van der Waals surface area (Å²) in [4.78, 5) is 4.65. The zero-order chi connectivity index (χ0) is 16.4. The van der Waals surface area contributed by atoms with Crippen LogP contribution < -0.4 is 4.74 Å². The molecule has 0 radical (unpaired) electrons.